The van der Waals surface area contributed by atoms with Crippen LogP contribution in [-0.4, -0.2) is 35.3 Å². The maximum absolute atomic E-state index is 10.0. The topological polar surface area (TPSA) is 82.1 Å². The summed E-state index contributed by atoms with van der Waals surface area (Å²) in [5, 5.41) is 22.0. The van der Waals surface area contributed by atoms with E-state index in [-0.39, 0.29) is 11.9 Å². The zero-order chi connectivity index (χ0) is 14.0. The molecule has 0 aliphatic carbocycles. The van der Waals surface area contributed by atoms with Crippen LogP contribution in [0.25, 0.3) is 0 Å². The number of anilines is 1. The van der Waals surface area contributed by atoms with Crippen LogP contribution in [0.3, 0.4) is 0 Å². The predicted molar refractivity (Wildman–Crippen MR) is 75.7 cm³/mol. The zero-order valence-corrected chi connectivity index (χ0v) is 11.4. The van der Waals surface area contributed by atoms with E-state index in [0.29, 0.717) is 18.0 Å². The van der Waals surface area contributed by atoms with Crippen molar-refractivity contribution in [1.29, 1.82) is 0 Å². The molecule has 1 aliphatic rings. The van der Waals surface area contributed by atoms with Crippen molar-refractivity contribution in [2.45, 2.75) is 26.4 Å². The number of hydrogen-bond donors (Lipinski definition) is 3. The number of nitrogens with two attached hydrogens (primary N) is 1. The minimum atomic E-state index is -0.339. The lowest BCUT2D eigenvalue weighted by Crippen LogP contribution is -2.44. The van der Waals surface area contributed by atoms with Crippen LogP contribution < -0.4 is 10.6 Å². The van der Waals surface area contributed by atoms with Gasteiger partial charge in [-0.05, 0) is 30.9 Å². The Morgan fingerprint density at radius 3 is 2.84 bits per heavy atom. The van der Waals surface area contributed by atoms with Gasteiger partial charge in [-0.25, -0.2) is 0 Å². The van der Waals surface area contributed by atoms with Gasteiger partial charge in [-0.15, -0.1) is 0 Å². The van der Waals surface area contributed by atoms with Crippen molar-refractivity contribution in [1.82, 2.24) is 0 Å². The average Bonchev–Trinajstić information content (AvgIpc) is 2.41. The molecule has 2 rings (SSSR count). The summed E-state index contributed by atoms with van der Waals surface area (Å²) in [4.78, 5) is 2.12. The molecule has 0 aromatic heterocycles. The van der Waals surface area contributed by atoms with Gasteiger partial charge >= 0.3 is 0 Å². The van der Waals surface area contributed by atoms with Crippen LogP contribution >= 0.6 is 0 Å². The molecule has 1 heterocycles. The third-order valence-corrected chi connectivity index (χ3v) is 3.86. The van der Waals surface area contributed by atoms with Crippen LogP contribution in [0.1, 0.15) is 24.5 Å². The van der Waals surface area contributed by atoms with E-state index in [0.717, 1.165) is 24.2 Å². The van der Waals surface area contributed by atoms with Gasteiger partial charge in [0.1, 0.15) is 0 Å². The van der Waals surface area contributed by atoms with Gasteiger partial charge in [0, 0.05) is 18.7 Å². The summed E-state index contributed by atoms with van der Waals surface area (Å²) in [7, 11) is 0. The molecular weight excluding hydrogens is 242 g/mol. The molecule has 1 aliphatic heterocycles. The third-order valence-electron chi connectivity index (χ3n) is 3.86. The Kier molecular flexibility index (Phi) is 3.95. The fourth-order valence-corrected chi connectivity index (χ4v) is 2.59. The Balaban J connectivity index is 2.39. The first-order valence-electron chi connectivity index (χ1n) is 6.55. The van der Waals surface area contributed by atoms with E-state index in [9.17, 15) is 5.11 Å². The van der Waals surface area contributed by atoms with Crippen LogP contribution in [0.2, 0.25) is 0 Å². The molecule has 1 saturated heterocycles. The second-order valence-corrected chi connectivity index (χ2v) is 5.24. The average molecular weight is 263 g/mol. The molecule has 0 amide bonds. The molecule has 0 radical (unpaired) electrons. The van der Waals surface area contributed by atoms with E-state index in [1.165, 1.54) is 0 Å². The Bertz CT molecular complexity index is 488. The second-order valence-electron chi connectivity index (χ2n) is 5.24. The van der Waals surface area contributed by atoms with Crippen LogP contribution in [0.15, 0.2) is 23.4 Å². The standard InChI is InChI=1S/C14H21N3O2/c1-9-6-7-17(8-12(9)18)13-10(2)4-3-5-11(13)14(15)16-19/h3-5,9,12,18-19H,6-8H2,1-2H3,(H2,15,16). The van der Waals surface area contributed by atoms with E-state index >= 15 is 0 Å². The second kappa shape index (κ2) is 5.48. The summed E-state index contributed by atoms with van der Waals surface area (Å²) in [6, 6.07) is 5.71. The van der Waals surface area contributed by atoms with Crippen molar-refractivity contribution in [3.63, 3.8) is 0 Å². The van der Waals surface area contributed by atoms with Gasteiger partial charge in [-0.2, -0.15) is 0 Å². The highest BCUT2D eigenvalue weighted by molar-refractivity contribution is 6.02. The molecular formula is C14H21N3O2. The Labute approximate surface area is 113 Å². The molecule has 0 spiro atoms. The van der Waals surface area contributed by atoms with Crippen molar-refractivity contribution < 1.29 is 10.3 Å². The number of amidine groups is 1. The van der Waals surface area contributed by atoms with Gasteiger partial charge in [-0.3, -0.25) is 0 Å². The molecule has 5 nitrogen and oxygen atoms in total. The summed E-state index contributed by atoms with van der Waals surface area (Å²) in [5.74, 6) is 0.416. The molecule has 2 unspecified atom stereocenters. The lowest BCUT2D eigenvalue weighted by Gasteiger charge is -2.37. The SMILES string of the molecule is Cc1cccc(/C(N)=N/O)c1N1CCC(C)C(O)C1. The smallest absolute Gasteiger partial charge is 0.172 e. The van der Waals surface area contributed by atoms with Crippen LogP contribution in [0.4, 0.5) is 5.69 Å². The summed E-state index contributed by atoms with van der Waals surface area (Å²) in [5.41, 5.74) is 8.46. The molecule has 2 atom stereocenters. The number of aliphatic hydroxyl groups excluding tert-OH is 1. The third kappa shape index (κ3) is 2.66. The molecule has 104 valence electrons. The maximum Gasteiger partial charge on any atom is 0.172 e. The number of aryl methyl sites for hydroxylation is 1. The summed E-state index contributed by atoms with van der Waals surface area (Å²) < 4.78 is 0. The van der Waals surface area contributed by atoms with Crippen LogP contribution in [-0.2, 0) is 0 Å². The number of β-amino-alcohol motifs (C(OH)–C–C–N with tert-alkyl or cyclic N) is 1. The number of hydrogen-bond acceptors (Lipinski definition) is 4. The van der Waals surface area contributed by atoms with Crippen molar-refractivity contribution in [3.8, 4) is 0 Å². The van der Waals surface area contributed by atoms with Gasteiger partial charge in [0.15, 0.2) is 5.84 Å². The van der Waals surface area contributed by atoms with Gasteiger partial charge in [0.05, 0.1) is 11.8 Å². The Hall–Kier alpha value is -1.75. The van der Waals surface area contributed by atoms with Crippen LogP contribution in [0.5, 0.6) is 0 Å². The number of aliphatic hydroxyl groups is 1. The number of para-hydroxylation sites is 1. The van der Waals surface area contributed by atoms with Crippen molar-refractivity contribution in [2.75, 3.05) is 18.0 Å². The first-order valence-corrected chi connectivity index (χ1v) is 6.55. The predicted octanol–water partition coefficient (Wildman–Crippen LogP) is 1.30. The molecule has 1 aromatic carbocycles. The molecule has 0 saturated carbocycles. The van der Waals surface area contributed by atoms with Crippen molar-refractivity contribution in [3.05, 3.63) is 29.3 Å². The summed E-state index contributed by atoms with van der Waals surface area (Å²) in [6.45, 7) is 5.50. The number of nitrogens with zero attached hydrogens (tertiary/aromatic N) is 2. The highest BCUT2D eigenvalue weighted by atomic mass is 16.4. The molecule has 4 N–H and O–H groups in total. The molecule has 5 heteroatoms. The summed E-state index contributed by atoms with van der Waals surface area (Å²) >= 11 is 0. The fourth-order valence-electron chi connectivity index (χ4n) is 2.59. The van der Waals surface area contributed by atoms with Crippen LogP contribution in [0, 0.1) is 12.8 Å². The monoisotopic (exact) mass is 263 g/mol. The lowest BCUT2D eigenvalue weighted by molar-refractivity contribution is 0.103. The van der Waals surface area contributed by atoms with E-state index in [1.807, 2.05) is 25.1 Å². The van der Waals surface area contributed by atoms with Gasteiger partial charge in [0.2, 0.25) is 0 Å². The fraction of sp³-hybridized carbons (Fsp3) is 0.500. The largest absolute Gasteiger partial charge is 0.409 e. The Morgan fingerprint density at radius 1 is 1.47 bits per heavy atom. The van der Waals surface area contributed by atoms with E-state index < -0.39 is 0 Å². The quantitative estimate of drug-likeness (QED) is 0.325. The number of rotatable bonds is 2. The minimum absolute atomic E-state index is 0.104. The summed E-state index contributed by atoms with van der Waals surface area (Å²) in [6.07, 6.45) is 0.596. The molecule has 19 heavy (non-hydrogen) atoms. The molecule has 0 bridgehead atoms. The Morgan fingerprint density at radius 2 is 2.21 bits per heavy atom. The first kappa shape index (κ1) is 13.7. The van der Waals surface area contributed by atoms with Gasteiger partial charge < -0.3 is 20.9 Å². The molecule has 1 aromatic rings. The highest BCUT2D eigenvalue weighted by Gasteiger charge is 2.27. The minimum Gasteiger partial charge on any atom is -0.409 e. The zero-order valence-electron chi connectivity index (χ0n) is 11.4. The first-order chi connectivity index (χ1) is 9.04. The lowest BCUT2D eigenvalue weighted by atomic mass is 9.94. The highest BCUT2D eigenvalue weighted by Crippen LogP contribution is 2.29. The van der Waals surface area contributed by atoms with E-state index in [2.05, 4.69) is 17.0 Å². The van der Waals surface area contributed by atoms with Gasteiger partial charge in [-0.1, -0.05) is 24.2 Å². The van der Waals surface area contributed by atoms with E-state index in [1.54, 1.807) is 0 Å². The normalized spacial score (nSPS) is 24.6. The maximum atomic E-state index is 10.0. The van der Waals surface area contributed by atoms with Gasteiger partial charge in [0.25, 0.3) is 0 Å². The molecule has 1 fully saturated rings. The number of piperidine rings is 1. The number of benzene rings is 1. The van der Waals surface area contributed by atoms with E-state index in [4.69, 9.17) is 10.9 Å². The van der Waals surface area contributed by atoms with Crippen molar-refractivity contribution in [2.24, 2.45) is 16.8 Å². The van der Waals surface area contributed by atoms with Crippen molar-refractivity contribution >= 4 is 11.5 Å². The number of oxime groups is 1.